The van der Waals surface area contributed by atoms with Gasteiger partial charge in [-0.15, -0.1) is 0 Å². The second kappa shape index (κ2) is 4.80. The number of pyridine rings is 1. The molecule has 1 aromatic carbocycles. The Kier molecular flexibility index (Phi) is 2.98. The van der Waals surface area contributed by atoms with E-state index in [1.807, 2.05) is 0 Å². The van der Waals surface area contributed by atoms with Crippen LogP contribution in [0.3, 0.4) is 0 Å². The van der Waals surface area contributed by atoms with Crippen molar-refractivity contribution in [3.05, 3.63) is 60.4 Å². The van der Waals surface area contributed by atoms with Crippen LogP contribution in [-0.2, 0) is 0 Å². The maximum Gasteiger partial charge on any atom is 0.195 e. The van der Waals surface area contributed by atoms with E-state index in [1.54, 1.807) is 12.1 Å². The molecule has 3 nitrogen and oxygen atoms in total. The fourth-order valence-electron chi connectivity index (χ4n) is 1.79. The van der Waals surface area contributed by atoms with Crippen molar-refractivity contribution in [3.63, 3.8) is 0 Å². The topological polar surface area (TPSA) is 38.9 Å². The Morgan fingerprint density at radius 1 is 0.850 bits per heavy atom. The molecular formula is C14H7F3N2O. The first-order chi connectivity index (χ1) is 9.66. The van der Waals surface area contributed by atoms with Crippen molar-refractivity contribution in [1.82, 2.24) is 9.97 Å². The number of rotatable bonds is 2. The predicted octanol–water partition coefficient (Wildman–Crippen LogP) is 3.82. The van der Waals surface area contributed by atoms with Gasteiger partial charge in [0.05, 0.1) is 11.4 Å². The summed E-state index contributed by atoms with van der Waals surface area (Å²) < 4.78 is 44.7. The van der Waals surface area contributed by atoms with E-state index in [-0.39, 0.29) is 11.3 Å². The maximum atomic E-state index is 13.7. The number of aromatic nitrogens is 2. The highest BCUT2D eigenvalue weighted by atomic mass is 19.2. The van der Waals surface area contributed by atoms with Crippen LogP contribution in [0.1, 0.15) is 0 Å². The lowest BCUT2D eigenvalue weighted by Gasteiger charge is -2.05. The number of halogens is 3. The second-order valence-electron chi connectivity index (χ2n) is 4.00. The molecule has 0 saturated heterocycles. The first-order valence-corrected chi connectivity index (χ1v) is 5.66. The predicted molar refractivity (Wildman–Crippen MR) is 65.0 cm³/mol. The maximum absolute atomic E-state index is 13.7. The average molecular weight is 276 g/mol. The van der Waals surface area contributed by atoms with Crippen LogP contribution in [-0.4, -0.2) is 9.97 Å². The number of benzene rings is 1. The van der Waals surface area contributed by atoms with E-state index >= 15 is 0 Å². The Hall–Kier alpha value is -2.63. The summed E-state index contributed by atoms with van der Waals surface area (Å²) in [5.74, 6) is -4.02. The molecule has 2 heterocycles. The van der Waals surface area contributed by atoms with Crippen LogP contribution >= 0.6 is 0 Å². The van der Waals surface area contributed by atoms with Crippen LogP contribution in [0, 0.1) is 17.5 Å². The van der Waals surface area contributed by atoms with E-state index in [2.05, 4.69) is 9.97 Å². The average Bonchev–Trinajstić information content (AvgIpc) is 2.99. The minimum absolute atomic E-state index is 0.116. The molecule has 0 radical (unpaired) electrons. The quantitative estimate of drug-likeness (QED) is 0.668. The Morgan fingerprint density at radius 2 is 1.65 bits per heavy atom. The van der Waals surface area contributed by atoms with E-state index in [0.29, 0.717) is 11.4 Å². The molecule has 0 aliphatic rings. The first-order valence-electron chi connectivity index (χ1n) is 5.66. The Labute approximate surface area is 111 Å². The molecule has 100 valence electrons. The summed E-state index contributed by atoms with van der Waals surface area (Å²) in [6.07, 6.45) is 2.62. The van der Waals surface area contributed by atoms with Gasteiger partial charge in [0.1, 0.15) is 12.0 Å². The van der Waals surface area contributed by atoms with E-state index in [0.717, 1.165) is 12.1 Å². The molecule has 0 aliphatic carbocycles. The SMILES string of the molecule is Fc1ccc(-c2cccc(-c3cocn3)n2)c(F)c1F. The van der Waals surface area contributed by atoms with Gasteiger partial charge in [-0.25, -0.2) is 23.1 Å². The van der Waals surface area contributed by atoms with Gasteiger partial charge in [-0.1, -0.05) is 6.07 Å². The van der Waals surface area contributed by atoms with Crippen molar-refractivity contribution in [2.45, 2.75) is 0 Å². The Bertz CT molecular complexity index is 757. The third-order valence-corrected chi connectivity index (χ3v) is 2.75. The van der Waals surface area contributed by atoms with Crippen LogP contribution in [0.25, 0.3) is 22.6 Å². The van der Waals surface area contributed by atoms with E-state index in [4.69, 9.17) is 4.42 Å². The van der Waals surface area contributed by atoms with Crippen molar-refractivity contribution in [2.75, 3.05) is 0 Å². The zero-order valence-electron chi connectivity index (χ0n) is 9.98. The zero-order chi connectivity index (χ0) is 14.1. The molecule has 0 amide bonds. The number of oxazole rings is 1. The molecule has 2 aromatic heterocycles. The highest BCUT2D eigenvalue weighted by Crippen LogP contribution is 2.26. The number of nitrogens with zero attached hydrogens (tertiary/aromatic N) is 2. The molecule has 3 rings (SSSR count). The highest BCUT2D eigenvalue weighted by molar-refractivity contribution is 5.64. The van der Waals surface area contributed by atoms with Gasteiger partial charge in [-0.05, 0) is 24.3 Å². The van der Waals surface area contributed by atoms with E-state index in [9.17, 15) is 13.2 Å². The number of hydrogen-bond donors (Lipinski definition) is 0. The summed E-state index contributed by atoms with van der Waals surface area (Å²) in [7, 11) is 0. The zero-order valence-corrected chi connectivity index (χ0v) is 9.98. The standard InChI is InChI=1S/C14H7F3N2O/c15-9-5-4-8(13(16)14(9)17)10-2-1-3-11(19-10)12-6-20-7-18-12/h1-7H. The molecule has 6 heteroatoms. The van der Waals surface area contributed by atoms with E-state index < -0.39 is 17.5 Å². The minimum atomic E-state index is -1.52. The fraction of sp³-hybridized carbons (Fsp3) is 0. The summed E-state index contributed by atoms with van der Waals surface area (Å²) in [5.41, 5.74) is 0.978. The monoisotopic (exact) mass is 276 g/mol. The van der Waals surface area contributed by atoms with Crippen molar-refractivity contribution >= 4 is 0 Å². The minimum Gasteiger partial charge on any atom is -0.451 e. The van der Waals surface area contributed by atoms with Crippen molar-refractivity contribution < 1.29 is 17.6 Å². The van der Waals surface area contributed by atoms with Gasteiger partial charge in [-0.3, -0.25) is 0 Å². The van der Waals surface area contributed by atoms with Crippen LogP contribution < -0.4 is 0 Å². The van der Waals surface area contributed by atoms with Gasteiger partial charge in [0.25, 0.3) is 0 Å². The summed E-state index contributed by atoms with van der Waals surface area (Å²) in [6.45, 7) is 0. The molecule has 0 fully saturated rings. The molecule has 0 atom stereocenters. The molecule has 20 heavy (non-hydrogen) atoms. The summed E-state index contributed by atoms with van der Waals surface area (Å²) in [5, 5.41) is 0. The van der Waals surface area contributed by atoms with Crippen molar-refractivity contribution in [2.24, 2.45) is 0 Å². The van der Waals surface area contributed by atoms with Gasteiger partial charge in [0.2, 0.25) is 0 Å². The van der Waals surface area contributed by atoms with Gasteiger partial charge < -0.3 is 4.42 Å². The lowest BCUT2D eigenvalue weighted by molar-refractivity contribution is 0.449. The smallest absolute Gasteiger partial charge is 0.195 e. The highest BCUT2D eigenvalue weighted by Gasteiger charge is 2.16. The largest absolute Gasteiger partial charge is 0.451 e. The molecule has 0 N–H and O–H groups in total. The number of hydrogen-bond acceptors (Lipinski definition) is 3. The van der Waals surface area contributed by atoms with Crippen molar-refractivity contribution in [1.29, 1.82) is 0 Å². The lowest BCUT2D eigenvalue weighted by atomic mass is 10.1. The molecule has 0 aliphatic heterocycles. The normalized spacial score (nSPS) is 10.8. The van der Waals surface area contributed by atoms with Crippen LogP contribution in [0.4, 0.5) is 13.2 Å². The third-order valence-electron chi connectivity index (χ3n) is 2.75. The van der Waals surface area contributed by atoms with Gasteiger partial charge in [-0.2, -0.15) is 0 Å². The fourth-order valence-corrected chi connectivity index (χ4v) is 1.79. The molecule has 0 spiro atoms. The summed E-state index contributed by atoms with van der Waals surface area (Å²) in [4.78, 5) is 8.08. The molecule has 0 bridgehead atoms. The molecule has 0 unspecified atom stereocenters. The van der Waals surface area contributed by atoms with Crippen LogP contribution in [0.2, 0.25) is 0 Å². The van der Waals surface area contributed by atoms with Crippen molar-refractivity contribution in [3.8, 4) is 22.6 Å². The Balaban J connectivity index is 2.12. The molecule has 3 aromatic rings. The molecular weight excluding hydrogens is 269 g/mol. The second-order valence-corrected chi connectivity index (χ2v) is 4.00. The Morgan fingerprint density at radius 3 is 2.40 bits per heavy atom. The molecule has 0 saturated carbocycles. The van der Waals surface area contributed by atoms with Gasteiger partial charge in [0.15, 0.2) is 23.8 Å². The third kappa shape index (κ3) is 2.05. The van der Waals surface area contributed by atoms with Gasteiger partial charge >= 0.3 is 0 Å². The van der Waals surface area contributed by atoms with Crippen LogP contribution in [0.15, 0.2) is 47.4 Å². The van der Waals surface area contributed by atoms with Gasteiger partial charge in [0, 0.05) is 5.56 Å². The lowest BCUT2D eigenvalue weighted by Crippen LogP contribution is -1.96. The van der Waals surface area contributed by atoms with E-state index in [1.165, 1.54) is 18.7 Å². The summed E-state index contributed by atoms with van der Waals surface area (Å²) in [6, 6.07) is 6.77. The summed E-state index contributed by atoms with van der Waals surface area (Å²) >= 11 is 0. The first kappa shape index (κ1) is 12.4. The van der Waals surface area contributed by atoms with Crippen LogP contribution in [0.5, 0.6) is 0 Å².